The van der Waals surface area contributed by atoms with Gasteiger partial charge < -0.3 is 10.2 Å². The van der Waals surface area contributed by atoms with E-state index in [1.807, 2.05) is 24.8 Å². The fourth-order valence-electron chi connectivity index (χ4n) is 1.87. The van der Waals surface area contributed by atoms with Gasteiger partial charge in [-0.3, -0.25) is 4.79 Å². The molecule has 2 aromatic rings. The van der Waals surface area contributed by atoms with E-state index >= 15 is 0 Å². The van der Waals surface area contributed by atoms with Gasteiger partial charge in [0.1, 0.15) is 0 Å². The lowest BCUT2D eigenvalue weighted by Gasteiger charge is -2.18. The summed E-state index contributed by atoms with van der Waals surface area (Å²) in [5, 5.41) is 3.23. The van der Waals surface area contributed by atoms with E-state index in [1.165, 1.54) is 12.4 Å². The molecular weight excluding hydrogens is 288 g/mol. The van der Waals surface area contributed by atoms with E-state index in [9.17, 15) is 4.79 Å². The Morgan fingerprint density at radius 3 is 2.38 bits per heavy atom. The number of aromatic nitrogens is 2. The average Bonchev–Trinajstić information content (AvgIpc) is 2.51. The molecule has 0 radical (unpaired) electrons. The molecule has 1 aromatic carbocycles. The van der Waals surface area contributed by atoms with E-state index in [4.69, 9.17) is 11.6 Å². The second-order valence-corrected chi connectivity index (χ2v) is 4.79. The zero-order valence-electron chi connectivity index (χ0n) is 12.0. The van der Waals surface area contributed by atoms with Crippen LogP contribution in [0.4, 0.5) is 11.6 Å². The summed E-state index contributed by atoms with van der Waals surface area (Å²) in [6.45, 7) is 5.71. The number of carbonyl (C=O) groups is 1. The first kappa shape index (κ1) is 15.3. The SMILES string of the molecule is CCN(CC)c1ncc(C(=O)Nc2ccccc2Cl)cn1. The van der Waals surface area contributed by atoms with Crippen LogP contribution in [-0.2, 0) is 0 Å². The minimum atomic E-state index is -0.283. The van der Waals surface area contributed by atoms with Gasteiger partial charge in [0.05, 0.1) is 16.3 Å². The van der Waals surface area contributed by atoms with Crippen molar-refractivity contribution in [3.8, 4) is 0 Å². The Kier molecular flexibility index (Phi) is 5.11. The van der Waals surface area contributed by atoms with Crippen LogP contribution in [0.5, 0.6) is 0 Å². The van der Waals surface area contributed by atoms with E-state index in [2.05, 4.69) is 15.3 Å². The zero-order chi connectivity index (χ0) is 15.2. The fourth-order valence-corrected chi connectivity index (χ4v) is 2.05. The van der Waals surface area contributed by atoms with Crippen molar-refractivity contribution in [2.24, 2.45) is 0 Å². The van der Waals surface area contributed by atoms with Crippen molar-refractivity contribution in [1.29, 1.82) is 0 Å². The molecule has 1 amide bonds. The Bertz CT molecular complexity index is 611. The maximum Gasteiger partial charge on any atom is 0.258 e. The molecule has 0 aliphatic carbocycles. The summed E-state index contributed by atoms with van der Waals surface area (Å²) >= 11 is 6.01. The lowest BCUT2D eigenvalue weighted by molar-refractivity contribution is 0.102. The van der Waals surface area contributed by atoms with E-state index in [0.29, 0.717) is 22.2 Å². The number of carbonyl (C=O) groups excluding carboxylic acids is 1. The van der Waals surface area contributed by atoms with Gasteiger partial charge in [0.25, 0.3) is 5.91 Å². The highest BCUT2D eigenvalue weighted by Crippen LogP contribution is 2.21. The van der Waals surface area contributed by atoms with Crippen LogP contribution >= 0.6 is 11.6 Å². The molecule has 0 aliphatic heterocycles. The molecule has 1 aromatic heterocycles. The Hall–Kier alpha value is -2.14. The standard InChI is InChI=1S/C15H17ClN4O/c1-3-20(4-2)15-17-9-11(10-18-15)14(21)19-13-8-6-5-7-12(13)16/h5-10H,3-4H2,1-2H3,(H,19,21). The lowest BCUT2D eigenvalue weighted by Crippen LogP contribution is -2.24. The van der Waals surface area contributed by atoms with Gasteiger partial charge in [0.15, 0.2) is 0 Å². The van der Waals surface area contributed by atoms with Crippen molar-refractivity contribution in [3.05, 3.63) is 47.2 Å². The average molecular weight is 305 g/mol. The topological polar surface area (TPSA) is 58.1 Å². The first-order valence-electron chi connectivity index (χ1n) is 6.78. The third-order valence-electron chi connectivity index (χ3n) is 3.07. The van der Waals surface area contributed by atoms with Gasteiger partial charge in [-0.1, -0.05) is 23.7 Å². The van der Waals surface area contributed by atoms with Crippen molar-refractivity contribution < 1.29 is 4.79 Å². The van der Waals surface area contributed by atoms with Crippen molar-refractivity contribution in [2.45, 2.75) is 13.8 Å². The molecule has 1 N–H and O–H groups in total. The quantitative estimate of drug-likeness (QED) is 0.921. The Morgan fingerprint density at radius 2 is 1.81 bits per heavy atom. The summed E-state index contributed by atoms with van der Waals surface area (Å²) < 4.78 is 0. The lowest BCUT2D eigenvalue weighted by atomic mass is 10.3. The van der Waals surface area contributed by atoms with Crippen LogP contribution in [0.3, 0.4) is 0 Å². The molecule has 5 nitrogen and oxygen atoms in total. The molecule has 0 unspecified atom stereocenters. The van der Waals surface area contributed by atoms with Crippen LogP contribution in [0.15, 0.2) is 36.7 Å². The summed E-state index contributed by atoms with van der Waals surface area (Å²) in [6.07, 6.45) is 3.04. The molecule has 6 heteroatoms. The molecular formula is C15H17ClN4O. The molecule has 0 fully saturated rings. The summed E-state index contributed by atoms with van der Waals surface area (Å²) in [5.74, 6) is 0.337. The van der Waals surface area contributed by atoms with Crippen LogP contribution in [-0.4, -0.2) is 29.0 Å². The van der Waals surface area contributed by atoms with Crippen LogP contribution in [0.1, 0.15) is 24.2 Å². The molecule has 0 aliphatic rings. The van der Waals surface area contributed by atoms with Crippen LogP contribution in [0.2, 0.25) is 5.02 Å². The number of halogens is 1. The second-order valence-electron chi connectivity index (χ2n) is 4.38. The number of benzene rings is 1. The highest BCUT2D eigenvalue weighted by Gasteiger charge is 2.11. The number of hydrogen-bond acceptors (Lipinski definition) is 4. The van der Waals surface area contributed by atoms with Crippen molar-refractivity contribution in [1.82, 2.24) is 9.97 Å². The Labute approximate surface area is 129 Å². The molecule has 0 atom stereocenters. The molecule has 1 heterocycles. The van der Waals surface area contributed by atoms with Crippen molar-refractivity contribution in [3.63, 3.8) is 0 Å². The van der Waals surface area contributed by atoms with Crippen LogP contribution in [0, 0.1) is 0 Å². The molecule has 2 rings (SSSR count). The monoisotopic (exact) mass is 304 g/mol. The minimum Gasteiger partial charge on any atom is -0.341 e. The molecule has 0 spiro atoms. The first-order chi connectivity index (χ1) is 10.2. The van der Waals surface area contributed by atoms with Crippen molar-refractivity contribution >= 4 is 29.1 Å². The van der Waals surface area contributed by atoms with Gasteiger partial charge in [-0.2, -0.15) is 0 Å². The normalized spacial score (nSPS) is 10.2. The third-order valence-corrected chi connectivity index (χ3v) is 3.40. The Balaban J connectivity index is 2.12. The maximum atomic E-state index is 12.1. The van der Waals surface area contributed by atoms with Gasteiger partial charge in [0.2, 0.25) is 5.95 Å². The minimum absolute atomic E-state index is 0.283. The van der Waals surface area contributed by atoms with Crippen LogP contribution < -0.4 is 10.2 Å². The number of para-hydroxylation sites is 1. The summed E-state index contributed by atoms with van der Waals surface area (Å²) in [5.41, 5.74) is 0.961. The predicted octanol–water partition coefficient (Wildman–Crippen LogP) is 3.23. The summed E-state index contributed by atoms with van der Waals surface area (Å²) in [6, 6.07) is 7.07. The van der Waals surface area contributed by atoms with Gasteiger partial charge in [-0.25, -0.2) is 9.97 Å². The van der Waals surface area contributed by atoms with E-state index in [-0.39, 0.29) is 5.91 Å². The fraction of sp³-hybridized carbons (Fsp3) is 0.267. The zero-order valence-corrected chi connectivity index (χ0v) is 12.8. The Morgan fingerprint density at radius 1 is 1.19 bits per heavy atom. The number of nitrogens with zero attached hydrogens (tertiary/aromatic N) is 3. The number of rotatable bonds is 5. The highest BCUT2D eigenvalue weighted by atomic mass is 35.5. The summed E-state index contributed by atoms with van der Waals surface area (Å²) in [4.78, 5) is 22.6. The molecule has 0 bridgehead atoms. The number of hydrogen-bond donors (Lipinski definition) is 1. The van der Waals surface area contributed by atoms with Gasteiger partial charge in [-0.05, 0) is 26.0 Å². The summed E-state index contributed by atoms with van der Waals surface area (Å²) in [7, 11) is 0. The highest BCUT2D eigenvalue weighted by molar-refractivity contribution is 6.33. The molecule has 21 heavy (non-hydrogen) atoms. The molecule has 0 saturated carbocycles. The first-order valence-corrected chi connectivity index (χ1v) is 7.16. The van der Waals surface area contributed by atoms with Gasteiger partial charge >= 0.3 is 0 Å². The van der Waals surface area contributed by atoms with Gasteiger partial charge in [0, 0.05) is 25.5 Å². The van der Waals surface area contributed by atoms with Crippen LogP contribution in [0.25, 0.3) is 0 Å². The number of anilines is 2. The second kappa shape index (κ2) is 7.04. The smallest absolute Gasteiger partial charge is 0.258 e. The number of amides is 1. The third kappa shape index (κ3) is 3.70. The van der Waals surface area contributed by atoms with Gasteiger partial charge in [-0.15, -0.1) is 0 Å². The van der Waals surface area contributed by atoms with E-state index in [1.54, 1.807) is 18.2 Å². The van der Waals surface area contributed by atoms with E-state index < -0.39 is 0 Å². The largest absolute Gasteiger partial charge is 0.341 e. The predicted molar refractivity (Wildman–Crippen MR) is 85.0 cm³/mol. The van der Waals surface area contributed by atoms with E-state index in [0.717, 1.165) is 13.1 Å². The number of nitrogens with one attached hydrogen (secondary N) is 1. The molecule has 0 saturated heterocycles. The maximum absolute atomic E-state index is 12.1. The van der Waals surface area contributed by atoms with Crippen molar-refractivity contribution in [2.75, 3.05) is 23.3 Å². The molecule has 110 valence electrons.